The number of H-pyrrole nitrogens is 2. The van der Waals surface area contributed by atoms with Crippen LogP contribution in [0.1, 0.15) is 109 Å². The van der Waals surface area contributed by atoms with Gasteiger partial charge in [-0.05, 0) is 61.3 Å². The number of fused-ring (bicyclic) bond motifs is 3. The number of rotatable bonds is 10. The molecule has 0 saturated carbocycles. The second-order valence-corrected chi connectivity index (χ2v) is 16.5. The highest BCUT2D eigenvalue weighted by Crippen LogP contribution is 2.49. The lowest BCUT2D eigenvalue weighted by molar-refractivity contribution is -0.138. The first kappa shape index (κ1) is 38.7. The molecule has 4 N–H and O–H groups in total. The lowest BCUT2D eigenvalue weighted by atomic mass is 9.84. The molecule has 5 heterocycles. The predicted molar refractivity (Wildman–Crippen MR) is 211 cm³/mol. The van der Waals surface area contributed by atoms with E-state index >= 15 is 0 Å². The molecule has 296 valence electrons. The number of methoxy groups -OCH3 is 1. The van der Waals surface area contributed by atoms with Crippen molar-refractivity contribution in [1.29, 1.82) is 0 Å². The van der Waals surface area contributed by atoms with Gasteiger partial charge in [0.15, 0.2) is 0 Å². The van der Waals surface area contributed by atoms with Crippen molar-refractivity contribution in [2.24, 2.45) is 11.8 Å². The first-order valence-corrected chi connectivity index (χ1v) is 19.7. The fourth-order valence-corrected chi connectivity index (χ4v) is 8.56. The third kappa shape index (κ3) is 7.05. The van der Waals surface area contributed by atoms with E-state index in [-0.39, 0.29) is 41.6 Å². The fourth-order valence-electron chi connectivity index (χ4n) is 8.56. The number of amides is 4. The summed E-state index contributed by atoms with van der Waals surface area (Å²) >= 11 is 0. The molecule has 4 amide bonds. The van der Waals surface area contributed by atoms with Crippen molar-refractivity contribution in [3.63, 3.8) is 0 Å². The maximum absolute atomic E-state index is 13.7. The maximum atomic E-state index is 13.7. The highest BCUT2D eigenvalue weighted by Gasteiger charge is 2.43. The Morgan fingerprint density at radius 2 is 1.45 bits per heavy atom. The van der Waals surface area contributed by atoms with Crippen molar-refractivity contribution in [1.82, 2.24) is 45.4 Å². The van der Waals surface area contributed by atoms with Crippen molar-refractivity contribution in [3.8, 4) is 33.8 Å². The van der Waals surface area contributed by atoms with E-state index in [9.17, 15) is 19.2 Å². The normalized spacial score (nSPS) is 19.5. The molecule has 4 atom stereocenters. The van der Waals surface area contributed by atoms with Crippen molar-refractivity contribution < 1.29 is 23.9 Å². The van der Waals surface area contributed by atoms with Crippen LogP contribution >= 0.6 is 0 Å². The number of likely N-dealkylation sites (tertiary alicyclic amines) is 2. The number of alkyl carbamates (subject to hydrolysis) is 1. The van der Waals surface area contributed by atoms with Crippen LogP contribution in [0.25, 0.3) is 33.8 Å². The van der Waals surface area contributed by atoms with Crippen LogP contribution in [-0.2, 0) is 24.5 Å². The van der Waals surface area contributed by atoms with Crippen molar-refractivity contribution in [3.05, 3.63) is 65.6 Å². The van der Waals surface area contributed by atoms with Gasteiger partial charge in [0.05, 0.1) is 48.2 Å². The first-order valence-electron chi connectivity index (χ1n) is 19.7. The first-order chi connectivity index (χ1) is 26.7. The topological polar surface area (TPSA) is 178 Å². The number of benzene rings is 1. The standard InChI is InChI=1S/C42H53N9O5/c1-22(2)33(45-24(5)52)39(53)50-17-9-11-31(50)37-44-21-30(46-37)26-14-16-29(43-20-26)25-13-15-27-28(19-25)42(6,7)36-35(27)47-38(49-36)32-12-10-18-51(32)40(54)34(23(3)4)48-41(55)56-8/h13-16,19-23,31-34H,9-12,17-18H2,1-8H3,(H,44,46)(H,45,52)(H,47,49)(H,48,55)/t31-,32-,33-,34-/m0/s1. The minimum Gasteiger partial charge on any atom is -0.453 e. The molecule has 4 aromatic rings. The van der Waals surface area contributed by atoms with Gasteiger partial charge in [0, 0.05) is 48.3 Å². The molecular weight excluding hydrogens is 711 g/mol. The number of hydrogen-bond acceptors (Lipinski definition) is 8. The van der Waals surface area contributed by atoms with Crippen molar-refractivity contribution >= 4 is 23.8 Å². The average molecular weight is 764 g/mol. The highest BCUT2D eigenvalue weighted by atomic mass is 16.5. The molecule has 14 nitrogen and oxygen atoms in total. The molecule has 1 aromatic carbocycles. The minimum atomic E-state index is -0.694. The van der Waals surface area contributed by atoms with E-state index in [1.165, 1.54) is 14.0 Å². The number of carbonyl (C=O) groups is 4. The quantitative estimate of drug-likeness (QED) is 0.151. The average Bonchev–Trinajstić information content (AvgIpc) is 4.02. The van der Waals surface area contributed by atoms with Crippen LogP contribution in [0.3, 0.4) is 0 Å². The van der Waals surface area contributed by atoms with Gasteiger partial charge in [-0.1, -0.05) is 53.7 Å². The Bertz CT molecular complexity index is 2140. The highest BCUT2D eigenvalue weighted by molar-refractivity contribution is 5.88. The smallest absolute Gasteiger partial charge is 0.407 e. The number of nitrogens with one attached hydrogen (secondary N) is 4. The summed E-state index contributed by atoms with van der Waals surface area (Å²) in [6.07, 6.45) is 6.30. The summed E-state index contributed by atoms with van der Waals surface area (Å²) in [7, 11) is 1.30. The van der Waals surface area contributed by atoms with Gasteiger partial charge < -0.3 is 35.1 Å². The van der Waals surface area contributed by atoms with Crippen LogP contribution in [0.5, 0.6) is 0 Å². The monoisotopic (exact) mass is 763 g/mol. The van der Waals surface area contributed by atoms with Crippen LogP contribution in [0.2, 0.25) is 0 Å². The molecule has 2 saturated heterocycles. The fraction of sp³-hybridized carbons (Fsp3) is 0.500. The molecule has 0 unspecified atom stereocenters. The number of aromatic amines is 2. The summed E-state index contributed by atoms with van der Waals surface area (Å²) in [5.41, 5.74) is 7.27. The zero-order chi connectivity index (χ0) is 40.1. The molecule has 0 bridgehead atoms. The summed E-state index contributed by atoms with van der Waals surface area (Å²) in [5.74, 6) is 0.911. The Hall–Kier alpha value is -5.53. The maximum Gasteiger partial charge on any atom is 0.407 e. The summed E-state index contributed by atoms with van der Waals surface area (Å²) in [6, 6.07) is 8.74. The molecule has 56 heavy (non-hydrogen) atoms. The van der Waals surface area contributed by atoms with Crippen LogP contribution in [0, 0.1) is 11.8 Å². The molecule has 1 aliphatic carbocycles. The van der Waals surface area contributed by atoms with E-state index in [0.717, 1.165) is 82.4 Å². The summed E-state index contributed by atoms with van der Waals surface area (Å²) < 4.78 is 4.79. The van der Waals surface area contributed by atoms with E-state index in [0.29, 0.717) is 13.1 Å². The van der Waals surface area contributed by atoms with Gasteiger partial charge in [-0.15, -0.1) is 0 Å². The Balaban J connectivity index is 1.08. The van der Waals surface area contributed by atoms with E-state index in [2.05, 4.69) is 57.6 Å². The van der Waals surface area contributed by atoms with Crippen LogP contribution in [0.4, 0.5) is 4.79 Å². The molecule has 0 spiro atoms. The number of hydrogen-bond donors (Lipinski definition) is 4. The lowest BCUT2D eigenvalue weighted by Gasteiger charge is -2.30. The summed E-state index contributed by atoms with van der Waals surface area (Å²) in [6.45, 7) is 14.7. The van der Waals surface area contributed by atoms with Crippen molar-refractivity contribution in [2.45, 2.75) is 104 Å². The Kier molecular flexibility index (Phi) is 10.5. The largest absolute Gasteiger partial charge is 0.453 e. The van der Waals surface area contributed by atoms with Gasteiger partial charge >= 0.3 is 6.09 Å². The number of imidazole rings is 2. The molecular formula is C42H53N9O5. The van der Waals surface area contributed by atoms with Gasteiger partial charge in [-0.2, -0.15) is 0 Å². The van der Waals surface area contributed by atoms with E-state index in [1.807, 2.05) is 55.8 Å². The minimum absolute atomic E-state index is 0.0363. The molecule has 14 heteroatoms. The molecule has 3 aromatic heterocycles. The summed E-state index contributed by atoms with van der Waals surface area (Å²) in [4.78, 5) is 76.5. The molecule has 0 radical (unpaired) electrons. The van der Waals surface area contributed by atoms with Gasteiger partial charge in [0.25, 0.3) is 0 Å². The summed E-state index contributed by atoms with van der Waals surface area (Å²) in [5, 5.41) is 5.55. The predicted octanol–water partition coefficient (Wildman–Crippen LogP) is 6.04. The van der Waals surface area contributed by atoms with Crippen LogP contribution < -0.4 is 10.6 Å². The van der Waals surface area contributed by atoms with Gasteiger partial charge in [-0.25, -0.2) is 14.8 Å². The molecule has 2 fully saturated rings. The van der Waals surface area contributed by atoms with E-state index in [1.54, 1.807) is 6.20 Å². The van der Waals surface area contributed by atoms with Crippen molar-refractivity contribution in [2.75, 3.05) is 20.2 Å². The third-order valence-corrected chi connectivity index (χ3v) is 11.6. The van der Waals surface area contributed by atoms with Crippen LogP contribution in [0.15, 0.2) is 42.7 Å². The molecule has 3 aliphatic rings. The van der Waals surface area contributed by atoms with Gasteiger partial charge in [-0.3, -0.25) is 19.4 Å². The number of carbonyl (C=O) groups excluding carboxylic acids is 4. The van der Waals surface area contributed by atoms with E-state index in [4.69, 9.17) is 14.7 Å². The zero-order valence-corrected chi connectivity index (χ0v) is 33.5. The Morgan fingerprint density at radius 1 is 0.821 bits per heavy atom. The van der Waals surface area contributed by atoms with Gasteiger partial charge in [0.1, 0.15) is 23.7 Å². The number of pyridine rings is 1. The Morgan fingerprint density at radius 3 is 2.04 bits per heavy atom. The van der Waals surface area contributed by atoms with E-state index < -0.39 is 23.6 Å². The third-order valence-electron chi connectivity index (χ3n) is 11.6. The number of ether oxygens (including phenoxy) is 1. The second-order valence-electron chi connectivity index (χ2n) is 16.5. The van der Waals surface area contributed by atoms with Crippen LogP contribution in [-0.4, -0.2) is 90.8 Å². The zero-order valence-electron chi connectivity index (χ0n) is 33.5. The Labute approximate surface area is 327 Å². The second kappa shape index (κ2) is 15.2. The lowest BCUT2D eigenvalue weighted by Crippen LogP contribution is -2.51. The SMILES string of the molecule is COC(=O)N[C@H](C(=O)N1CCC[C@H]1c1nc2c([nH]1)-c1ccc(-c3ccc(-c4cnc([C@@H]5CCCN5C(=O)[C@@H](NC(C)=O)C(C)C)[nH]4)cn3)cc1C2(C)C)C(C)C. The van der Waals surface area contributed by atoms with Gasteiger partial charge in [0.2, 0.25) is 17.7 Å². The molecule has 7 rings (SSSR count). The number of nitrogens with zero attached hydrogens (tertiary/aromatic N) is 5. The number of aromatic nitrogens is 5. The molecule has 2 aliphatic heterocycles.